The second kappa shape index (κ2) is 7.77. The van der Waals surface area contributed by atoms with Crippen LogP contribution in [0.5, 0.6) is 0 Å². The summed E-state index contributed by atoms with van der Waals surface area (Å²) in [5, 5.41) is 11.8. The van der Waals surface area contributed by atoms with E-state index in [-0.39, 0.29) is 23.0 Å². The highest BCUT2D eigenvalue weighted by molar-refractivity contribution is 8.02. The molecule has 1 aliphatic rings. The average molecular weight is 343 g/mol. The Bertz CT molecular complexity index is 530. The number of anilines is 1. The Morgan fingerprint density at radius 2 is 2.00 bits per heavy atom. The number of aromatic nitrogens is 2. The Hall–Kier alpha value is -1.35. The molecule has 1 saturated carbocycles. The number of nitrogens with one attached hydrogen (secondary N) is 3. The minimum absolute atomic E-state index is 0.188. The van der Waals surface area contributed by atoms with Gasteiger partial charge in [-0.1, -0.05) is 36.9 Å². The number of carbonyl (C=O) groups is 2. The largest absolute Gasteiger partial charge is 0.357 e. The molecule has 0 radical (unpaired) electrons. The number of nitrogens with zero attached hydrogens (tertiary/aromatic N) is 2. The van der Waals surface area contributed by atoms with E-state index >= 15 is 0 Å². The van der Waals surface area contributed by atoms with E-state index < -0.39 is 0 Å². The second-order valence-corrected chi connectivity index (χ2v) is 8.25. The summed E-state index contributed by atoms with van der Waals surface area (Å²) in [5.74, 6) is -0.191. The topological polar surface area (TPSA) is 96.0 Å². The molecule has 2 amide bonds. The molecule has 1 aromatic rings. The van der Waals surface area contributed by atoms with Crippen LogP contribution in [0.4, 0.5) is 5.13 Å². The number of amides is 2. The molecule has 9 heteroatoms. The lowest BCUT2D eigenvalue weighted by atomic mass is 10.1. The number of rotatable bonds is 7. The molecule has 0 aromatic carbocycles. The second-order valence-electron chi connectivity index (χ2n) is 5.69. The lowest BCUT2D eigenvalue weighted by Crippen LogP contribution is -2.45. The van der Waals surface area contributed by atoms with Crippen molar-refractivity contribution < 1.29 is 9.59 Å². The maximum atomic E-state index is 11.9. The summed E-state index contributed by atoms with van der Waals surface area (Å²) >= 11 is 2.77. The van der Waals surface area contributed by atoms with E-state index in [0.717, 1.165) is 9.47 Å². The molecule has 1 aliphatic carbocycles. The van der Waals surface area contributed by atoms with Crippen LogP contribution in [0.15, 0.2) is 4.34 Å². The zero-order valence-corrected chi connectivity index (χ0v) is 14.5. The van der Waals surface area contributed by atoms with E-state index in [1.54, 1.807) is 6.92 Å². The van der Waals surface area contributed by atoms with Gasteiger partial charge in [-0.2, -0.15) is 0 Å². The molecule has 7 nitrogen and oxygen atoms in total. The minimum atomic E-state index is -0.360. The molecule has 1 fully saturated rings. The van der Waals surface area contributed by atoms with Gasteiger partial charge >= 0.3 is 0 Å². The van der Waals surface area contributed by atoms with E-state index in [0.29, 0.717) is 12.5 Å². The van der Waals surface area contributed by atoms with E-state index in [4.69, 9.17) is 0 Å². The zero-order valence-electron chi connectivity index (χ0n) is 12.9. The normalized spacial score (nSPS) is 15.5. The van der Waals surface area contributed by atoms with Gasteiger partial charge in [0.15, 0.2) is 4.34 Å². The smallest absolute Gasteiger partial charge is 0.251 e. The number of thioether (sulfide) groups is 1. The molecule has 0 spiro atoms. The van der Waals surface area contributed by atoms with Crippen molar-refractivity contribution in [2.24, 2.45) is 5.92 Å². The van der Waals surface area contributed by atoms with Crippen LogP contribution in [-0.4, -0.2) is 33.3 Å². The summed E-state index contributed by atoms with van der Waals surface area (Å²) in [4.78, 5) is 23.4. The maximum absolute atomic E-state index is 11.9. The van der Waals surface area contributed by atoms with Gasteiger partial charge < -0.3 is 5.32 Å². The highest BCUT2D eigenvalue weighted by atomic mass is 32.2. The van der Waals surface area contributed by atoms with Crippen molar-refractivity contribution in [1.29, 1.82) is 0 Å². The van der Waals surface area contributed by atoms with Gasteiger partial charge in [0.1, 0.15) is 0 Å². The predicted molar refractivity (Wildman–Crippen MR) is 87.6 cm³/mol. The Balaban J connectivity index is 1.73. The third kappa shape index (κ3) is 5.80. The van der Waals surface area contributed by atoms with Gasteiger partial charge in [0, 0.05) is 12.5 Å². The molecule has 3 N–H and O–H groups in total. The third-order valence-electron chi connectivity index (χ3n) is 2.88. The predicted octanol–water partition coefficient (Wildman–Crippen LogP) is 1.79. The van der Waals surface area contributed by atoms with Crippen molar-refractivity contribution in [2.75, 3.05) is 5.32 Å². The first-order valence-corrected chi connectivity index (χ1v) is 8.99. The first-order chi connectivity index (χ1) is 10.4. The number of carbonyl (C=O) groups excluding carboxylic acids is 2. The molecule has 0 aliphatic heterocycles. The molecule has 1 atom stereocenters. The van der Waals surface area contributed by atoms with Crippen LogP contribution in [0.3, 0.4) is 0 Å². The van der Waals surface area contributed by atoms with Gasteiger partial charge in [-0.15, -0.1) is 10.2 Å². The standard InChI is InChI=1S/C13H21N5O2S2/c1-7(2)6-10(19)15-16-11(20)8(3)21-13-18-17-12(22-13)14-9-4-5-9/h7-9H,4-6H2,1-3H3,(H,14,17)(H,15,19)(H,16,20)/t8-/m1/s1. The van der Waals surface area contributed by atoms with Gasteiger partial charge in [0.2, 0.25) is 11.0 Å². The van der Waals surface area contributed by atoms with Crippen molar-refractivity contribution in [2.45, 2.75) is 55.7 Å². The quantitative estimate of drug-likeness (QED) is 0.516. The number of hydrogen-bond donors (Lipinski definition) is 3. The molecule has 2 rings (SSSR count). The fourth-order valence-electron chi connectivity index (χ4n) is 1.58. The number of hydrogen-bond acceptors (Lipinski definition) is 7. The van der Waals surface area contributed by atoms with Crippen LogP contribution in [-0.2, 0) is 9.59 Å². The van der Waals surface area contributed by atoms with Crippen LogP contribution >= 0.6 is 23.1 Å². The molecule has 122 valence electrons. The fourth-order valence-corrected chi connectivity index (χ4v) is 3.55. The van der Waals surface area contributed by atoms with Crippen molar-refractivity contribution in [3.8, 4) is 0 Å². The van der Waals surface area contributed by atoms with Crippen molar-refractivity contribution in [3.63, 3.8) is 0 Å². The Labute approximate surface area is 138 Å². The molecular weight excluding hydrogens is 322 g/mol. The van der Waals surface area contributed by atoms with Crippen molar-refractivity contribution in [1.82, 2.24) is 21.0 Å². The summed E-state index contributed by atoms with van der Waals surface area (Å²) in [6, 6.07) is 0.530. The third-order valence-corrected chi connectivity index (χ3v) is 4.92. The molecule has 0 bridgehead atoms. The van der Waals surface area contributed by atoms with Crippen molar-refractivity contribution in [3.05, 3.63) is 0 Å². The van der Waals surface area contributed by atoms with Crippen LogP contribution in [0.2, 0.25) is 0 Å². The maximum Gasteiger partial charge on any atom is 0.251 e. The molecule has 1 aromatic heterocycles. The molecule has 0 saturated heterocycles. The SMILES string of the molecule is CC(C)CC(=O)NNC(=O)[C@@H](C)Sc1nnc(NC2CC2)s1. The van der Waals surface area contributed by atoms with Gasteiger partial charge in [-0.05, 0) is 25.7 Å². The summed E-state index contributed by atoms with van der Waals surface area (Å²) < 4.78 is 0.735. The average Bonchev–Trinajstić information content (AvgIpc) is 3.14. The van der Waals surface area contributed by atoms with Crippen molar-refractivity contribution >= 4 is 40.0 Å². The molecular formula is C13H21N5O2S2. The molecule has 1 heterocycles. The van der Waals surface area contributed by atoms with E-state index in [2.05, 4.69) is 26.4 Å². The van der Waals surface area contributed by atoms with E-state index in [1.807, 2.05) is 13.8 Å². The minimum Gasteiger partial charge on any atom is -0.357 e. The van der Waals surface area contributed by atoms with Gasteiger partial charge in [-0.3, -0.25) is 20.4 Å². The Morgan fingerprint density at radius 3 is 2.64 bits per heavy atom. The first kappa shape index (κ1) is 17.0. The van der Waals surface area contributed by atoms with Crippen LogP contribution in [0.1, 0.15) is 40.0 Å². The van der Waals surface area contributed by atoms with Gasteiger partial charge in [0.25, 0.3) is 5.91 Å². The fraction of sp³-hybridized carbons (Fsp3) is 0.692. The Kier molecular flexibility index (Phi) is 6.01. The van der Waals surface area contributed by atoms with Gasteiger partial charge in [0.05, 0.1) is 5.25 Å². The molecule has 22 heavy (non-hydrogen) atoms. The number of hydrazine groups is 1. The first-order valence-electron chi connectivity index (χ1n) is 7.29. The summed E-state index contributed by atoms with van der Waals surface area (Å²) in [6.07, 6.45) is 2.74. The summed E-state index contributed by atoms with van der Waals surface area (Å²) in [6.45, 7) is 5.66. The van der Waals surface area contributed by atoms with Crippen LogP contribution in [0.25, 0.3) is 0 Å². The summed E-state index contributed by atoms with van der Waals surface area (Å²) in [5.41, 5.74) is 4.86. The Morgan fingerprint density at radius 1 is 1.27 bits per heavy atom. The monoisotopic (exact) mass is 343 g/mol. The summed E-state index contributed by atoms with van der Waals surface area (Å²) in [7, 11) is 0. The lowest BCUT2D eigenvalue weighted by Gasteiger charge is -2.12. The molecule has 0 unspecified atom stereocenters. The van der Waals surface area contributed by atoms with E-state index in [1.165, 1.54) is 35.9 Å². The lowest BCUT2D eigenvalue weighted by molar-refractivity contribution is -0.128. The van der Waals surface area contributed by atoms with E-state index in [9.17, 15) is 9.59 Å². The van der Waals surface area contributed by atoms with Gasteiger partial charge in [-0.25, -0.2) is 0 Å². The zero-order chi connectivity index (χ0) is 16.1. The van der Waals surface area contributed by atoms with Crippen LogP contribution < -0.4 is 16.2 Å². The van der Waals surface area contributed by atoms with Crippen LogP contribution in [0, 0.1) is 5.92 Å². The highest BCUT2D eigenvalue weighted by Crippen LogP contribution is 2.31. The highest BCUT2D eigenvalue weighted by Gasteiger charge is 2.23.